The Hall–Kier alpha value is -2.64. The van der Waals surface area contributed by atoms with Gasteiger partial charge in [0.1, 0.15) is 12.4 Å². The number of hydrogen-bond donors (Lipinski definition) is 1. The van der Waals surface area contributed by atoms with Gasteiger partial charge in [-0.25, -0.2) is 4.39 Å². The average Bonchev–Trinajstić information content (AvgIpc) is 2.86. The van der Waals surface area contributed by atoms with Gasteiger partial charge in [-0.2, -0.15) is 0 Å². The van der Waals surface area contributed by atoms with Gasteiger partial charge in [-0.05, 0) is 53.7 Å². The number of nitrogens with zero attached hydrogens (tertiary/aromatic N) is 1. The molecule has 0 unspecified atom stereocenters. The van der Waals surface area contributed by atoms with Gasteiger partial charge in [0.25, 0.3) is 11.1 Å². The monoisotopic (exact) mass is 390 g/mol. The molecule has 8 heteroatoms. The van der Waals surface area contributed by atoms with E-state index in [0.717, 1.165) is 16.7 Å². The predicted octanol–water partition coefficient (Wildman–Crippen LogP) is 4.15. The van der Waals surface area contributed by atoms with E-state index in [-0.39, 0.29) is 4.91 Å². The lowest BCUT2D eigenvalue weighted by molar-refractivity contribution is -0.127. The summed E-state index contributed by atoms with van der Waals surface area (Å²) in [5.41, 5.74) is 0.977. The summed E-state index contributed by atoms with van der Waals surface area (Å²) in [6.07, 6.45) is 1.52. The molecule has 0 spiro atoms. The fourth-order valence-electron chi connectivity index (χ4n) is 2.25. The highest BCUT2D eigenvalue weighted by molar-refractivity contribution is 8.18. The molecule has 0 aromatic heterocycles. The zero-order valence-corrected chi connectivity index (χ0v) is 14.8. The lowest BCUT2D eigenvalue weighted by atomic mass is 10.2. The fraction of sp³-hybridized carbons (Fsp3) is 0.0556. The molecule has 0 atom stereocenters. The van der Waals surface area contributed by atoms with Crippen molar-refractivity contribution in [2.75, 3.05) is 11.9 Å². The van der Waals surface area contributed by atoms with Crippen LogP contribution in [-0.2, 0) is 9.59 Å². The summed E-state index contributed by atoms with van der Waals surface area (Å²) in [4.78, 5) is 37.6. The first kappa shape index (κ1) is 18.2. The minimum Gasteiger partial charge on any atom is -0.325 e. The summed E-state index contributed by atoms with van der Waals surface area (Å²) in [5, 5.41) is 2.42. The number of thioether (sulfide) groups is 1. The highest BCUT2D eigenvalue weighted by Crippen LogP contribution is 2.33. The third-order valence-corrected chi connectivity index (χ3v) is 4.75. The number of benzene rings is 2. The maximum absolute atomic E-state index is 12.9. The summed E-state index contributed by atoms with van der Waals surface area (Å²) in [6, 6.07) is 12.1. The third kappa shape index (κ3) is 4.12. The van der Waals surface area contributed by atoms with E-state index >= 15 is 0 Å². The molecule has 1 fully saturated rings. The second-order valence-electron chi connectivity index (χ2n) is 5.34. The van der Waals surface area contributed by atoms with Gasteiger partial charge >= 0.3 is 0 Å². The van der Waals surface area contributed by atoms with Crippen LogP contribution in [0.15, 0.2) is 53.4 Å². The minimum absolute atomic E-state index is 0.192. The van der Waals surface area contributed by atoms with Gasteiger partial charge in [0.15, 0.2) is 0 Å². The van der Waals surface area contributed by atoms with E-state index in [1.807, 2.05) is 0 Å². The van der Waals surface area contributed by atoms with E-state index in [1.165, 1.54) is 30.3 Å². The van der Waals surface area contributed by atoms with Gasteiger partial charge in [0.05, 0.1) is 4.91 Å². The van der Waals surface area contributed by atoms with Crippen molar-refractivity contribution in [2.45, 2.75) is 0 Å². The summed E-state index contributed by atoms with van der Waals surface area (Å²) in [5.74, 6) is -1.55. The predicted molar refractivity (Wildman–Crippen MR) is 99.2 cm³/mol. The molecule has 1 heterocycles. The number of anilines is 1. The Morgan fingerprint density at radius 1 is 1.15 bits per heavy atom. The Bertz CT molecular complexity index is 915. The molecule has 1 aliphatic rings. The number of carbonyl (C=O) groups is 3. The molecule has 2 aromatic carbocycles. The maximum atomic E-state index is 12.9. The molecule has 1 saturated heterocycles. The molecule has 1 aliphatic heterocycles. The Morgan fingerprint density at radius 2 is 1.85 bits per heavy atom. The lowest BCUT2D eigenvalue weighted by Crippen LogP contribution is -2.36. The molecular formula is C18H12ClFN2O3S. The first-order valence-corrected chi connectivity index (χ1v) is 8.69. The second-order valence-corrected chi connectivity index (χ2v) is 6.74. The van der Waals surface area contributed by atoms with E-state index in [9.17, 15) is 18.8 Å². The summed E-state index contributed by atoms with van der Waals surface area (Å²) >= 11 is 6.80. The van der Waals surface area contributed by atoms with Crippen molar-refractivity contribution in [3.8, 4) is 0 Å². The van der Waals surface area contributed by atoms with Crippen molar-refractivity contribution >= 4 is 52.2 Å². The molecular weight excluding hydrogens is 379 g/mol. The van der Waals surface area contributed by atoms with Gasteiger partial charge < -0.3 is 5.32 Å². The average molecular weight is 391 g/mol. The van der Waals surface area contributed by atoms with E-state index in [4.69, 9.17) is 11.6 Å². The van der Waals surface area contributed by atoms with Crippen LogP contribution in [0.3, 0.4) is 0 Å². The summed E-state index contributed by atoms with van der Waals surface area (Å²) in [6.45, 7) is -0.429. The van der Waals surface area contributed by atoms with Crippen molar-refractivity contribution in [2.24, 2.45) is 0 Å². The standard InChI is InChI=1S/C18H12ClFN2O3S/c19-14-4-2-1-3-11(14)9-15-17(24)22(18(25)26-15)10-16(23)21-13-7-5-12(20)6-8-13/h1-9H,10H2,(H,21,23). The molecule has 2 aromatic rings. The van der Waals surface area contributed by atoms with Crippen molar-refractivity contribution in [3.05, 3.63) is 69.8 Å². The van der Waals surface area contributed by atoms with Crippen LogP contribution in [0.5, 0.6) is 0 Å². The van der Waals surface area contributed by atoms with E-state index in [0.29, 0.717) is 16.3 Å². The normalized spacial score (nSPS) is 15.6. The van der Waals surface area contributed by atoms with Crippen molar-refractivity contribution in [1.29, 1.82) is 0 Å². The number of amides is 3. The number of imide groups is 1. The van der Waals surface area contributed by atoms with Crippen LogP contribution in [0.25, 0.3) is 6.08 Å². The van der Waals surface area contributed by atoms with Crippen molar-refractivity contribution in [1.82, 2.24) is 4.90 Å². The Kier molecular flexibility index (Phi) is 5.39. The maximum Gasteiger partial charge on any atom is 0.294 e. The molecule has 1 N–H and O–H groups in total. The Balaban J connectivity index is 1.70. The highest BCUT2D eigenvalue weighted by Gasteiger charge is 2.36. The lowest BCUT2D eigenvalue weighted by Gasteiger charge is -2.12. The third-order valence-electron chi connectivity index (χ3n) is 3.50. The van der Waals surface area contributed by atoms with Crippen LogP contribution < -0.4 is 5.32 Å². The molecule has 5 nitrogen and oxygen atoms in total. The van der Waals surface area contributed by atoms with Crippen LogP contribution in [0.4, 0.5) is 14.9 Å². The summed E-state index contributed by atoms with van der Waals surface area (Å²) in [7, 11) is 0. The van der Waals surface area contributed by atoms with Crippen LogP contribution in [0, 0.1) is 5.82 Å². The Morgan fingerprint density at radius 3 is 2.54 bits per heavy atom. The van der Waals surface area contributed by atoms with E-state index in [1.54, 1.807) is 24.3 Å². The SMILES string of the molecule is O=C(CN1C(=O)SC(=Cc2ccccc2Cl)C1=O)Nc1ccc(F)cc1. The van der Waals surface area contributed by atoms with Crippen molar-refractivity contribution in [3.63, 3.8) is 0 Å². The van der Waals surface area contributed by atoms with Crippen LogP contribution in [0.1, 0.15) is 5.56 Å². The highest BCUT2D eigenvalue weighted by atomic mass is 35.5. The zero-order valence-electron chi connectivity index (χ0n) is 13.2. The van der Waals surface area contributed by atoms with Gasteiger partial charge in [-0.15, -0.1) is 0 Å². The van der Waals surface area contributed by atoms with E-state index in [2.05, 4.69) is 5.32 Å². The molecule has 0 saturated carbocycles. The molecule has 3 amide bonds. The molecule has 3 rings (SSSR count). The number of hydrogen-bond acceptors (Lipinski definition) is 4. The van der Waals surface area contributed by atoms with Crippen LogP contribution >= 0.6 is 23.4 Å². The van der Waals surface area contributed by atoms with Gasteiger partial charge in [0.2, 0.25) is 5.91 Å². The smallest absolute Gasteiger partial charge is 0.294 e. The quantitative estimate of drug-likeness (QED) is 0.796. The Labute approximate surface area is 157 Å². The van der Waals surface area contributed by atoms with Crippen LogP contribution in [-0.4, -0.2) is 28.5 Å². The van der Waals surface area contributed by atoms with Gasteiger partial charge in [-0.3, -0.25) is 19.3 Å². The van der Waals surface area contributed by atoms with Gasteiger partial charge in [-0.1, -0.05) is 29.8 Å². The largest absolute Gasteiger partial charge is 0.325 e. The first-order chi connectivity index (χ1) is 12.4. The van der Waals surface area contributed by atoms with Crippen molar-refractivity contribution < 1.29 is 18.8 Å². The molecule has 0 radical (unpaired) electrons. The van der Waals surface area contributed by atoms with E-state index < -0.39 is 29.4 Å². The molecule has 0 bridgehead atoms. The second kappa shape index (κ2) is 7.72. The van der Waals surface area contributed by atoms with Gasteiger partial charge in [0, 0.05) is 10.7 Å². The topological polar surface area (TPSA) is 66.5 Å². The number of rotatable bonds is 4. The molecule has 132 valence electrons. The van der Waals surface area contributed by atoms with Crippen LogP contribution in [0.2, 0.25) is 5.02 Å². The number of halogens is 2. The number of carbonyl (C=O) groups excluding carboxylic acids is 3. The molecule has 0 aliphatic carbocycles. The minimum atomic E-state index is -0.561. The first-order valence-electron chi connectivity index (χ1n) is 7.49. The zero-order chi connectivity index (χ0) is 18.7. The molecule has 26 heavy (non-hydrogen) atoms. The summed E-state index contributed by atoms with van der Waals surface area (Å²) < 4.78 is 12.9. The fourth-order valence-corrected chi connectivity index (χ4v) is 3.27. The number of nitrogens with one attached hydrogen (secondary N) is 1.